The van der Waals surface area contributed by atoms with Crippen molar-refractivity contribution in [3.63, 3.8) is 0 Å². The molecule has 4 atom stereocenters. The fourth-order valence-electron chi connectivity index (χ4n) is 2.49. The highest BCUT2D eigenvalue weighted by atomic mass is 16.6. The van der Waals surface area contributed by atoms with Gasteiger partial charge in [0.15, 0.2) is 5.82 Å². The maximum atomic E-state index is 9.68. The lowest BCUT2D eigenvalue weighted by Gasteiger charge is -2.17. The Hall–Kier alpha value is -1.05. The first-order valence-electron chi connectivity index (χ1n) is 5.87. The zero-order chi connectivity index (χ0) is 12.0. The van der Waals surface area contributed by atoms with Gasteiger partial charge >= 0.3 is 0 Å². The standard InChI is InChI=1S/C10H16N4O3/c1-5(2)10-11-12-13-14(10)6-3-16-9-7(15)4-17-8(6)9/h5-9,15H,3-4H2,1-2H3. The van der Waals surface area contributed by atoms with Crippen LogP contribution >= 0.6 is 0 Å². The number of fused-ring (bicyclic) bond motifs is 1. The summed E-state index contributed by atoms with van der Waals surface area (Å²) in [5.41, 5.74) is 0. The van der Waals surface area contributed by atoms with Gasteiger partial charge in [0, 0.05) is 5.92 Å². The van der Waals surface area contributed by atoms with Crippen LogP contribution in [0.5, 0.6) is 0 Å². The highest BCUT2D eigenvalue weighted by molar-refractivity contribution is 5.00. The zero-order valence-electron chi connectivity index (χ0n) is 9.85. The van der Waals surface area contributed by atoms with Gasteiger partial charge in [-0.2, -0.15) is 0 Å². The number of tetrazole rings is 1. The molecule has 1 N–H and O–H groups in total. The molecule has 0 radical (unpaired) electrons. The minimum absolute atomic E-state index is 0.0375. The maximum absolute atomic E-state index is 9.68. The Kier molecular flexibility index (Phi) is 2.61. The smallest absolute Gasteiger partial charge is 0.154 e. The second kappa shape index (κ2) is 4.01. The summed E-state index contributed by atoms with van der Waals surface area (Å²) in [5.74, 6) is 1.07. The molecule has 2 fully saturated rings. The summed E-state index contributed by atoms with van der Waals surface area (Å²) in [5, 5.41) is 21.4. The van der Waals surface area contributed by atoms with E-state index in [4.69, 9.17) is 9.47 Å². The Morgan fingerprint density at radius 2 is 2.06 bits per heavy atom. The van der Waals surface area contributed by atoms with Crippen molar-refractivity contribution in [2.45, 2.75) is 44.1 Å². The van der Waals surface area contributed by atoms with Crippen molar-refractivity contribution < 1.29 is 14.6 Å². The van der Waals surface area contributed by atoms with Crippen molar-refractivity contribution >= 4 is 0 Å². The molecule has 0 bridgehead atoms. The summed E-state index contributed by atoms with van der Waals surface area (Å²) >= 11 is 0. The summed E-state index contributed by atoms with van der Waals surface area (Å²) < 4.78 is 12.9. The molecule has 94 valence electrons. The van der Waals surface area contributed by atoms with Crippen LogP contribution in [0.25, 0.3) is 0 Å². The van der Waals surface area contributed by atoms with E-state index in [0.717, 1.165) is 5.82 Å². The highest BCUT2D eigenvalue weighted by Crippen LogP contribution is 2.34. The number of hydrogen-bond donors (Lipinski definition) is 1. The van der Waals surface area contributed by atoms with Gasteiger partial charge in [-0.15, -0.1) is 5.10 Å². The van der Waals surface area contributed by atoms with E-state index in [1.165, 1.54) is 0 Å². The van der Waals surface area contributed by atoms with Crippen LogP contribution in [0, 0.1) is 0 Å². The van der Waals surface area contributed by atoms with Crippen LogP contribution in [0.2, 0.25) is 0 Å². The second-order valence-corrected chi connectivity index (χ2v) is 4.87. The molecule has 3 rings (SSSR count). The Bertz CT molecular complexity index is 408. The molecular weight excluding hydrogens is 224 g/mol. The van der Waals surface area contributed by atoms with Crippen molar-refractivity contribution in [3.05, 3.63) is 5.82 Å². The van der Waals surface area contributed by atoms with Crippen molar-refractivity contribution in [2.75, 3.05) is 13.2 Å². The molecule has 0 amide bonds. The lowest BCUT2D eigenvalue weighted by Crippen LogP contribution is -2.31. The van der Waals surface area contributed by atoms with Crippen molar-refractivity contribution in [3.8, 4) is 0 Å². The summed E-state index contributed by atoms with van der Waals surface area (Å²) in [4.78, 5) is 0. The predicted octanol–water partition coefficient (Wildman–Crippen LogP) is -0.504. The Balaban J connectivity index is 1.88. The van der Waals surface area contributed by atoms with Crippen LogP contribution in [-0.2, 0) is 9.47 Å². The van der Waals surface area contributed by atoms with Gasteiger partial charge in [0.25, 0.3) is 0 Å². The van der Waals surface area contributed by atoms with E-state index < -0.39 is 6.10 Å². The number of aliphatic hydroxyl groups is 1. The molecule has 4 unspecified atom stereocenters. The molecule has 3 heterocycles. The molecule has 0 spiro atoms. The average Bonchev–Trinajstić information content (AvgIpc) is 2.95. The topological polar surface area (TPSA) is 82.3 Å². The lowest BCUT2D eigenvalue weighted by atomic mass is 10.1. The first-order chi connectivity index (χ1) is 8.18. The molecule has 1 aromatic heterocycles. The van der Waals surface area contributed by atoms with E-state index in [-0.39, 0.29) is 24.2 Å². The number of aliphatic hydroxyl groups excluding tert-OH is 1. The van der Waals surface area contributed by atoms with E-state index in [0.29, 0.717) is 13.2 Å². The molecule has 1 aromatic rings. The number of ether oxygens (including phenoxy) is 2. The van der Waals surface area contributed by atoms with Crippen LogP contribution in [0.3, 0.4) is 0 Å². The fourth-order valence-corrected chi connectivity index (χ4v) is 2.49. The average molecular weight is 240 g/mol. The third-order valence-corrected chi connectivity index (χ3v) is 3.35. The number of nitrogens with zero attached hydrogens (tertiary/aromatic N) is 4. The number of rotatable bonds is 2. The summed E-state index contributed by atoms with van der Waals surface area (Å²) in [7, 11) is 0. The minimum atomic E-state index is -0.538. The molecule has 17 heavy (non-hydrogen) atoms. The Labute approximate surface area is 98.7 Å². The van der Waals surface area contributed by atoms with E-state index in [2.05, 4.69) is 15.5 Å². The molecule has 2 saturated heterocycles. The van der Waals surface area contributed by atoms with Gasteiger partial charge in [0.2, 0.25) is 0 Å². The molecule has 2 aliphatic heterocycles. The van der Waals surface area contributed by atoms with Gasteiger partial charge in [-0.1, -0.05) is 13.8 Å². The van der Waals surface area contributed by atoms with Gasteiger partial charge in [0.05, 0.1) is 13.2 Å². The Morgan fingerprint density at radius 3 is 2.82 bits per heavy atom. The lowest BCUT2D eigenvalue weighted by molar-refractivity contribution is 0.0168. The normalized spacial score (nSPS) is 36.7. The van der Waals surface area contributed by atoms with Gasteiger partial charge in [0.1, 0.15) is 24.4 Å². The van der Waals surface area contributed by atoms with Crippen molar-refractivity contribution in [1.82, 2.24) is 20.2 Å². The third-order valence-electron chi connectivity index (χ3n) is 3.35. The van der Waals surface area contributed by atoms with E-state index in [1.54, 1.807) is 4.68 Å². The summed E-state index contributed by atoms with van der Waals surface area (Å²) in [6.07, 6.45) is -0.931. The molecule has 0 aromatic carbocycles. The summed E-state index contributed by atoms with van der Waals surface area (Å²) in [6.45, 7) is 4.89. The van der Waals surface area contributed by atoms with Gasteiger partial charge in [-0.05, 0) is 10.4 Å². The predicted molar refractivity (Wildman–Crippen MR) is 56.4 cm³/mol. The van der Waals surface area contributed by atoms with E-state index in [1.807, 2.05) is 13.8 Å². The largest absolute Gasteiger partial charge is 0.388 e. The van der Waals surface area contributed by atoms with E-state index in [9.17, 15) is 5.11 Å². The maximum Gasteiger partial charge on any atom is 0.154 e. The first-order valence-corrected chi connectivity index (χ1v) is 5.87. The van der Waals surface area contributed by atoms with Crippen LogP contribution in [0.15, 0.2) is 0 Å². The zero-order valence-corrected chi connectivity index (χ0v) is 9.85. The quantitative estimate of drug-likeness (QED) is 0.750. The monoisotopic (exact) mass is 240 g/mol. The van der Waals surface area contributed by atoms with Gasteiger partial charge < -0.3 is 14.6 Å². The van der Waals surface area contributed by atoms with Gasteiger partial charge in [-0.3, -0.25) is 0 Å². The number of hydrogen-bond acceptors (Lipinski definition) is 6. The molecule has 7 heteroatoms. The van der Waals surface area contributed by atoms with Crippen LogP contribution in [0.1, 0.15) is 31.6 Å². The van der Waals surface area contributed by atoms with Crippen LogP contribution in [0.4, 0.5) is 0 Å². The first kappa shape index (κ1) is 11.1. The van der Waals surface area contributed by atoms with Crippen molar-refractivity contribution in [2.24, 2.45) is 0 Å². The highest BCUT2D eigenvalue weighted by Gasteiger charge is 2.49. The molecule has 0 saturated carbocycles. The Morgan fingerprint density at radius 1 is 1.29 bits per heavy atom. The SMILES string of the molecule is CC(C)c1nnnn1C1COC2C(O)COC21. The van der Waals surface area contributed by atoms with E-state index >= 15 is 0 Å². The third kappa shape index (κ3) is 1.65. The number of aromatic nitrogens is 4. The molecule has 2 aliphatic rings. The molecule has 0 aliphatic carbocycles. The minimum Gasteiger partial charge on any atom is -0.388 e. The second-order valence-electron chi connectivity index (χ2n) is 4.87. The molecule has 7 nitrogen and oxygen atoms in total. The van der Waals surface area contributed by atoms with Crippen molar-refractivity contribution in [1.29, 1.82) is 0 Å². The summed E-state index contributed by atoms with van der Waals surface area (Å²) in [6, 6.07) is -0.0375. The molecular formula is C10H16N4O3. The van der Waals surface area contributed by atoms with Crippen LogP contribution in [-0.4, -0.2) is 56.8 Å². The fraction of sp³-hybridized carbons (Fsp3) is 0.900. The van der Waals surface area contributed by atoms with Crippen LogP contribution < -0.4 is 0 Å². The van der Waals surface area contributed by atoms with Gasteiger partial charge in [-0.25, -0.2) is 4.68 Å².